The van der Waals surface area contributed by atoms with E-state index in [-0.39, 0.29) is 0 Å². The number of aliphatic carboxylic acids is 3. The average Bonchev–Trinajstić information content (AvgIpc) is 2.69. The van der Waals surface area contributed by atoms with Crippen LogP contribution in [0.5, 0.6) is 0 Å². The summed E-state index contributed by atoms with van der Waals surface area (Å²) in [4.78, 5) is 41.7. The lowest BCUT2D eigenvalue weighted by molar-refractivity contribution is -0.150. The molecule has 0 aromatic heterocycles. The number of carbonyl (C=O) groups is 4. The maximum atomic E-state index is 11.2. The Bertz CT molecular complexity index is 863. The van der Waals surface area contributed by atoms with Crippen LogP contribution in [-0.4, -0.2) is 78.8 Å². The van der Waals surface area contributed by atoms with Gasteiger partial charge < -0.3 is 40.5 Å². The van der Waals surface area contributed by atoms with Crippen molar-refractivity contribution in [3.8, 4) is 0 Å². The first-order valence-electron chi connectivity index (χ1n) is 8.65. The minimum absolute atomic E-state index is 0.418. The first-order valence-corrected chi connectivity index (χ1v) is 8.65. The molecule has 1 rings (SSSR count). The summed E-state index contributed by atoms with van der Waals surface area (Å²) in [5.41, 5.74) is 0.881. The number of carbonyl (C=O) groups excluding carboxylic acids is 1. The molecule has 0 atom stereocenters. The molecule has 0 fully saturated rings. The first-order chi connectivity index (χ1) is 14.9. The van der Waals surface area contributed by atoms with Gasteiger partial charge in [0.1, 0.15) is 6.61 Å². The largest absolute Gasteiger partial charge is 0.478 e. The molecule has 12 nitrogen and oxygen atoms in total. The lowest BCUT2D eigenvalue weighted by atomic mass is 10.1. The Morgan fingerprint density at radius 3 is 1.66 bits per heavy atom. The van der Waals surface area contributed by atoms with Crippen molar-refractivity contribution in [2.75, 3.05) is 6.61 Å². The summed E-state index contributed by atoms with van der Waals surface area (Å²) < 4.78 is 4.51. The molecule has 0 amide bonds. The predicted octanol–water partition coefficient (Wildman–Crippen LogP) is -0.566. The van der Waals surface area contributed by atoms with Gasteiger partial charge in [-0.2, -0.15) is 0 Å². The van der Waals surface area contributed by atoms with Gasteiger partial charge in [0.25, 0.3) is 0 Å². The number of benzene rings is 1. The van der Waals surface area contributed by atoms with Crippen molar-refractivity contribution >= 4 is 36.0 Å². The molecule has 1 aromatic carbocycles. The topological polar surface area (TPSA) is 219 Å². The second-order valence-electron chi connectivity index (χ2n) is 5.78. The van der Waals surface area contributed by atoms with Crippen molar-refractivity contribution in [3.05, 3.63) is 59.2 Å². The molecule has 12 heteroatoms. The second-order valence-corrected chi connectivity index (χ2v) is 5.78. The minimum Gasteiger partial charge on any atom is -0.478 e. The Balaban J connectivity index is 0.000000687. The molecule has 0 aliphatic carbocycles. The molecule has 0 aliphatic heterocycles. The van der Waals surface area contributed by atoms with Gasteiger partial charge in [0.05, 0.1) is 0 Å². The van der Waals surface area contributed by atoms with E-state index in [1.165, 1.54) is 12.2 Å². The van der Waals surface area contributed by atoms with Crippen molar-refractivity contribution in [1.29, 1.82) is 0 Å². The zero-order chi connectivity index (χ0) is 24.7. The minimum atomic E-state index is -1.85. The molecular weight excluding hydrogens is 432 g/mol. The normalized spacial score (nSPS) is 11.5. The van der Waals surface area contributed by atoms with Crippen LogP contribution < -0.4 is 0 Å². The molecule has 7 N–H and O–H groups in total. The molecule has 0 heterocycles. The van der Waals surface area contributed by atoms with E-state index in [4.69, 9.17) is 35.7 Å². The van der Waals surface area contributed by atoms with Gasteiger partial charge in [-0.25, -0.2) is 19.2 Å². The molecular formula is C20H22O12. The zero-order valence-corrected chi connectivity index (χ0v) is 16.4. The van der Waals surface area contributed by atoms with E-state index < -0.39 is 55.1 Å². The van der Waals surface area contributed by atoms with Crippen molar-refractivity contribution < 1.29 is 59.7 Å². The molecule has 0 unspecified atom stereocenters. The molecule has 0 radical (unpaired) electrons. The third-order valence-corrected chi connectivity index (χ3v) is 3.12. The van der Waals surface area contributed by atoms with E-state index in [1.54, 1.807) is 24.3 Å². The zero-order valence-electron chi connectivity index (χ0n) is 16.4. The van der Waals surface area contributed by atoms with Crippen LogP contribution in [0.2, 0.25) is 0 Å². The number of rotatable bonds is 10. The smallest absolute Gasteiger partial charge is 0.332 e. The van der Waals surface area contributed by atoms with Crippen LogP contribution in [0, 0.1) is 0 Å². The van der Waals surface area contributed by atoms with Crippen molar-refractivity contribution in [1.82, 2.24) is 0 Å². The Kier molecular flexibility index (Phi) is 13.2. The average molecular weight is 454 g/mol. The van der Waals surface area contributed by atoms with Crippen LogP contribution in [0.15, 0.2) is 48.1 Å². The Morgan fingerprint density at radius 2 is 1.28 bits per heavy atom. The highest BCUT2D eigenvalue weighted by Crippen LogP contribution is 2.08. The van der Waals surface area contributed by atoms with Crippen LogP contribution in [0.4, 0.5) is 0 Å². The monoisotopic (exact) mass is 454 g/mol. The second kappa shape index (κ2) is 15.0. The molecule has 174 valence electrons. The van der Waals surface area contributed by atoms with Crippen LogP contribution >= 0.6 is 0 Å². The number of carboxylic acids is 3. The molecule has 0 spiro atoms. The molecule has 0 aliphatic rings. The van der Waals surface area contributed by atoms with Gasteiger partial charge in [0.2, 0.25) is 0 Å². The van der Waals surface area contributed by atoms with E-state index in [2.05, 4.69) is 4.74 Å². The summed E-state index contributed by atoms with van der Waals surface area (Å²) in [6.07, 6.45) is 1.40. The van der Waals surface area contributed by atoms with E-state index >= 15 is 0 Å². The fraction of sp³-hybridized carbons (Fsp3) is 0.200. The van der Waals surface area contributed by atoms with Crippen LogP contribution in [0.25, 0.3) is 12.2 Å². The number of ether oxygens (including phenoxy) is 1. The summed E-state index contributed by atoms with van der Waals surface area (Å²) >= 11 is 0. The highest BCUT2D eigenvalue weighted by atomic mass is 16.6. The van der Waals surface area contributed by atoms with E-state index in [9.17, 15) is 19.2 Å². The third kappa shape index (κ3) is 15.1. The number of hydrogen-bond acceptors (Lipinski definition) is 9. The van der Waals surface area contributed by atoms with Crippen molar-refractivity contribution in [2.24, 2.45) is 0 Å². The first kappa shape index (κ1) is 28.2. The van der Waals surface area contributed by atoms with Gasteiger partial charge in [0.15, 0.2) is 12.6 Å². The maximum Gasteiger partial charge on any atom is 0.332 e. The SMILES string of the molecule is O=C(O)/C=C(/CC(O)O)C(=O)O.O=C(O)C=Cc1ccc(C=CC(=O)OCC(O)O)cc1. The van der Waals surface area contributed by atoms with E-state index in [0.29, 0.717) is 6.08 Å². The quantitative estimate of drug-likeness (QED) is 0.134. The molecule has 0 saturated heterocycles. The van der Waals surface area contributed by atoms with Gasteiger partial charge in [0, 0.05) is 30.2 Å². The van der Waals surface area contributed by atoms with Crippen LogP contribution in [0.1, 0.15) is 17.5 Å². The molecule has 0 bridgehead atoms. The van der Waals surface area contributed by atoms with E-state index in [0.717, 1.165) is 23.3 Å². The van der Waals surface area contributed by atoms with Crippen LogP contribution in [0.3, 0.4) is 0 Å². The van der Waals surface area contributed by atoms with Crippen molar-refractivity contribution in [2.45, 2.75) is 19.0 Å². The third-order valence-electron chi connectivity index (χ3n) is 3.12. The summed E-state index contributed by atoms with van der Waals surface area (Å²) in [5.74, 6) is -4.63. The fourth-order valence-corrected chi connectivity index (χ4v) is 1.81. The number of carboxylic acid groups (broad SMARTS) is 3. The van der Waals surface area contributed by atoms with Gasteiger partial charge in [-0.05, 0) is 23.3 Å². The number of esters is 1. The Hall–Kier alpha value is -3.84. The fourth-order valence-electron chi connectivity index (χ4n) is 1.81. The van der Waals surface area contributed by atoms with Gasteiger partial charge >= 0.3 is 23.9 Å². The van der Waals surface area contributed by atoms with Crippen LogP contribution in [-0.2, 0) is 23.9 Å². The summed E-state index contributed by atoms with van der Waals surface area (Å²) in [7, 11) is 0. The van der Waals surface area contributed by atoms with Gasteiger partial charge in [-0.1, -0.05) is 24.3 Å². The molecule has 32 heavy (non-hydrogen) atoms. The standard InChI is InChI=1S/C14H14O6.C6H8O6/c15-12(16)7-5-10-1-3-11(4-2-10)6-8-14(19)20-9-13(17)18;7-4(8)1-3(6(11)12)2-5(9)10/h1-8,13,17-18H,9H2,(H,15,16);1,5,9-10H,2H2,(H,7,8)(H,11,12)/b;3-1-. The van der Waals surface area contributed by atoms with Crippen molar-refractivity contribution in [3.63, 3.8) is 0 Å². The summed E-state index contributed by atoms with van der Waals surface area (Å²) in [6.45, 7) is -0.484. The summed E-state index contributed by atoms with van der Waals surface area (Å²) in [5, 5.41) is 58.7. The predicted molar refractivity (Wildman–Crippen MR) is 108 cm³/mol. The molecule has 1 aromatic rings. The lowest BCUT2D eigenvalue weighted by Crippen LogP contribution is -2.16. The summed E-state index contributed by atoms with van der Waals surface area (Å²) in [6, 6.07) is 6.79. The highest BCUT2D eigenvalue weighted by Gasteiger charge is 2.12. The van der Waals surface area contributed by atoms with E-state index in [1.807, 2.05) is 0 Å². The Morgan fingerprint density at radius 1 is 0.781 bits per heavy atom. The van der Waals surface area contributed by atoms with Gasteiger partial charge in [-0.15, -0.1) is 0 Å². The number of aliphatic hydroxyl groups is 4. The number of aliphatic hydroxyl groups excluding tert-OH is 2. The Labute approximate surface area is 181 Å². The maximum absolute atomic E-state index is 11.2. The molecule has 0 saturated carbocycles. The van der Waals surface area contributed by atoms with Gasteiger partial charge in [-0.3, -0.25) is 0 Å². The number of hydrogen-bond donors (Lipinski definition) is 7. The lowest BCUT2D eigenvalue weighted by Gasteiger charge is -2.02. The highest BCUT2D eigenvalue weighted by molar-refractivity contribution is 5.94.